The monoisotopic (exact) mass is 384 g/mol. The summed E-state index contributed by atoms with van der Waals surface area (Å²) in [4.78, 5) is 26.3. The Hall–Kier alpha value is -3.86. The van der Waals surface area contributed by atoms with E-state index in [1.165, 1.54) is 4.57 Å². The summed E-state index contributed by atoms with van der Waals surface area (Å²) in [6.07, 6.45) is 0.825. The predicted molar refractivity (Wildman–Crippen MR) is 115 cm³/mol. The molecular weight excluding hydrogens is 364 g/mol. The van der Waals surface area contributed by atoms with Crippen molar-refractivity contribution < 1.29 is 9.90 Å². The van der Waals surface area contributed by atoms with Gasteiger partial charge in [0.25, 0.3) is 11.5 Å². The van der Waals surface area contributed by atoms with Crippen molar-refractivity contribution in [3.63, 3.8) is 0 Å². The first-order valence-electron chi connectivity index (χ1n) is 9.42. The molecule has 2 N–H and O–H groups in total. The van der Waals surface area contributed by atoms with E-state index in [0.717, 1.165) is 12.0 Å². The second kappa shape index (κ2) is 7.64. The largest absolute Gasteiger partial charge is 0.506 e. The first-order chi connectivity index (χ1) is 14.1. The number of fused-ring (bicyclic) bond motifs is 1. The SMILES string of the molecule is CCc1cccc(NC(=O)c2c(O)c3ccccc3n(-c3ccccc3)c2=O)c1. The fourth-order valence-corrected chi connectivity index (χ4v) is 3.43. The molecule has 0 unspecified atom stereocenters. The average molecular weight is 384 g/mol. The van der Waals surface area contributed by atoms with Crippen LogP contribution >= 0.6 is 0 Å². The van der Waals surface area contributed by atoms with E-state index in [1.54, 1.807) is 42.5 Å². The third-order valence-corrected chi connectivity index (χ3v) is 4.89. The Balaban J connectivity index is 1.90. The van der Waals surface area contributed by atoms with Gasteiger partial charge in [0.05, 0.1) is 5.52 Å². The van der Waals surface area contributed by atoms with E-state index >= 15 is 0 Å². The van der Waals surface area contributed by atoms with Crippen molar-refractivity contribution in [2.45, 2.75) is 13.3 Å². The molecule has 1 aromatic heterocycles. The number of aromatic hydroxyl groups is 1. The summed E-state index contributed by atoms with van der Waals surface area (Å²) in [7, 11) is 0. The molecule has 4 aromatic rings. The van der Waals surface area contributed by atoms with E-state index in [9.17, 15) is 14.7 Å². The van der Waals surface area contributed by atoms with Gasteiger partial charge in [-0.1, -0.05) is 49.4 Å². The van der Waals surface area contributed by atoms with Gasteiger partial charge >= 0.3 is 0 Å². The number of hydrogen-bond donors (Lipinski definition) is 2. The highest BCUT2D eigenvalue weighted by atomic mass is 16.3. The molecule has 0 spiro atoms. The molecule has 0 aliphatic carbocycles. The standard InChI is InChI=1S/C24H20N2O3/c1-2-16-9-8-10-17(15-16)25-23(28)21-22(27)19-13-6-7-14-20(19)26(24(21)29)18-11-4-3-5-12-18/h3-15,27H,2H2,1H3,(H,25,28). The lowest BCUT2D eigenvalue weighted by atomic mass is 10.1. The van der Waals surface area contributed by atoms with Crippen LogP contribution < -0.4 is 10.9 Å². The van der Waals surface area contributed by atoms with Crippen molar-refractivity contribution in [1.29, 1.82) is 0 Å². The number of para-hydroxylation sites is 2. The quantitative estimate of drug-likeness (QED) is 0.544. The molecule has 5 nitrogen and oxygen atoms in total. The summed E-state index contributed by atoms with van der Waals surface area (Å²) >= 11 is 0. The van der Waals surface area contributed by atoms with Crippen LogP contribution in [-0.2, 0) is 6.42 Å². The molecule has 4 rings (SSSR count). The third-order valence-electron chi connectivity index (χ3n) is 4.89. The van der Waals surface area contributed by atoms with Crippen LogP contribution in [0.3, 0.4) is 0 Å². The molecule has 0 saturated carbocycles. The molecule has 0 saturated heterocycles. The Morgan fingerprint density at radius 3 is 2.45 bits per heavy atom. The molecule has 29 heavy (non-hydrogen) atoms. The number of anilines is 1. The van der Waals surface area contributed by atoms with E-state index in [1.807, 2.05) is 43.3 Å². The molecular formula is C24H20N2O3. The number of hydrogen-bond acceptors (Lipinski definition) is 3. The van der Waals surface area contributed by atoms with Crippen molar-refractivity contribution >= 4 is 22.5 Å². The van der Waals surface area contributed by atoms with Crippen molar-refractivity contribution in [2.24, 2.45) is 0 Å². The first-order valence-corrected chi connectivity index (χ1v) is 9.42. The molecule has 0 atom stereocenters. The minimum atomic E-state index is -0.642. The van der Waals surface area contributed by atoms with Crippen molar-refractivity contribution in [3.05, 3.63) is 100 Å². The van der Waals surface area contributed by atoms with Gasteiger partial charge in [-0.25, -0.2) is 0 Å². The number of nitrogens with zero attached hydrogens (tertiary/aromatic N) is 1. The summed E-state index contributed by atoms with van der Waals surface area (Å²) in [5.74, 6) is -0.960. The Morgan fingerprint density at radius 1 is 0.966 bits per heavy atom. The zero-order valence-corrected chi connectivity index (χ0v) is 15.9. The molecule has 1 amide bonds. The maximum Gasteiger partial charge on any atom is 0.272 e. The second-order valence-corrected chi connectivity index (χ2v) is 6.72. The van der Waals surface area contributed by atoms with Gasteiger partial charge in [-0.15, -0.1) is 0 Å². The minimum absolute atomic E-state index is 0.283. The maximum absolute atomic E-state index is 13.3. The Bertz CT molecular complexity index is 1260. The van der Waals surface area contributed by atoms with Crippen LogP contribution in [0, 0.1) is 0 Å². The first kappa shape index (κ1) is 18.5. The summed E-state index contributed by atoms with van der Waals surface area (Å²) in [6, 6.07) is 23.5. The van der Waals surface area contributed by atoms with E-state index < -0.39 is 11.5 Å². The summed E-state index contributed by atoms with van der Waals surface area (Å²) < 4.78 is 1.45. The molecule has 144 valence electrons. The number of aromatic nitrogens is 1. The van der Waals surface area contributed by atoms with Gasteiger partial charge in [0.2, 0.25) is 0 Å². The van der Waals surface area contributed by atoms with Crippen LogP contribution in [0.15, 0.2) is 83.7 Å². The van der Waals surface area contributed by atoms with Gasteiger partial charge in [-0.05, 0) is 48.4 Å². The summed E-state index contributed by atoms with van der Waals surface area (Å²) in [5.41, 5.74) is 1.94. The van der Waals surface area contributed by atoms with Crippen molar-refractivity contribution in [2.75, 3.05) is 5.32 Å². The molecule has 0 fully saturated rings. The van der Waals surface area contributed by atoms with Crippen LogP contribution in [0.1, 0.15) is 22.8 Å². The number of benzene rings is 3. The van der Waals surface area contributed by atoms with Crippen LogP contribution in [0.2, 0.25) is 0 Å². The highest BCUT2D eigenvalue weighted by Gasteiger charge is 2.23. The number of carbonyl (C=O) groups excluding carboxylic acids is 1. The van der Waals surface area contributed by atoms with Gasteiger partial charge in [-0.2, -0.15) is 0 Å². The summed E-state index contributed by atoms with van der Waals surface area (Å²) in [6.45, 7) is 2.02. The third kappa shape index (κ3) is 3.38. The Labute approximate surface area is 167 Å². The van der Waals surface area contributed by atoms with E-state index in [-0.39, 0.29) is 11.3 Å². The van der Waals surface area contributed by atoms with Crippen LogP contribution in [0.4, 0.5) is 5.69 Å². The molecule has 0 aliphatic heterocycles. The lowest BCUT2D eigenvalue weighted by molar-refractivity contribution is 0.102. The normalized spacial score (nSPS) is 10.8. The van der Waals surface area contributed by atoms with E-state index in [2.05, 4.69) is 5.32 Å². The Morgan fingerprint density at radius 2 is 1.69 bits per heavy atom. The average Bonchev–Trinajstić information content (AvgIpc) is 2.75. The lowest BCUT2D eigenvalue weighted by Gasteiger charge is -2.15. The summed E-state index contributed by atoms with van der Waals surface area (Å²) in [5, 5.41) is 14.0. The highest BCUT2D eigenvalue weighted by Crippen LogP contribution is 2.28. The van der Waals surface area contributed by atoms with Gasteiger partial charge in [0.1, 0.15) is 11.3 Å². The molecule has 5 heteroatoms. The number of rotatable bonds is 4. The molecule has 0 aliphatic rings. The second-order valence-electron chi connectivity index (χ2n) is 6.72. The minimum Gasteiger partial charge on any atom is -0.506 e. The van der Waals surface area contributed by atoms with Gasteiger partial charge < -0.3 is 10.4 Å². The number of nitrogens with one attached hydrogen (secondary N) is 1. The van der Waals surface area contributed by atoms with Crippen molar-refractivity contribution in [3.8, 4) is 11.4 Å². The number of carbonyl (C=O) groups is 1. The fraction of sp³-hybridized carbons (Fsp3) is 0.0833. The molecule has 0 radical (unpaired) electrons. The van der Waals surface area contributed by atoms with Crippen molar-refractivity contribution in [1.82, 2.24) is 4.57 Å². The topological polar surface area (TPSA) is 71.3 Å². The Kier molecular flexibility index (Phi) is 4.87. The van der Waals surface area contributed by atoms with E-state index in [4.69, 9.17) is 0 Å². The van der Waals surface area contributed by atoms with E-state index in [0.29, 0.717) is 22.3 Å². The zero-order chi connectivity index (χ0) is 20.4. The molecule has 0 bridgehead atoms. The van der Waals surface area contributed by atoms with Crippen LogP contribution in [-0.4, -0.2) is 15.6 Å². The molecule has 1 heterocycles. The van der Waals surface area contributed by atoms with Gasteiger partial charge in [0.15, 0.2) is 0 Å². The maximum atomic E-state index is 13.3. The van der Waals surface area contributed by atoms with Gasteiger partial charge in [-0.3, -0.25) is 14.2 Å². The number of pyridine rings is 1. The van der Waals surface area contributed by atoms with Crippen LogP contribution in [0.25, 0.3) is 16.6 Å². The predicted octanol–water partition coefficient (Wildman–Crippen LogP) is 4.51. The highest BCUT2D eigenvalue weighted by molar-refractivity contribution is 6.09. The molecule has 3 aromatic carbocycles. The van der Waals surface area contributed by atoms with Crippen LogP contribution in [0.5, 0.6) is 5.75 Å². The fourth-order valence-electron chi connectivity index (χ4n) is 3.43. The zero-order valence-electron chi connectivity index (χ0n) is 15.9. The number of aryl methyl sites for hydroxylation is 1. The lowest BCUT2D eigenvalue weighted by Crippen LogP contribution is -2.29. The number of amides is 1. The van der Waals surface area contributed by atoms with Gasteiger partial charge in [0, 0.05) is 16.8 Å². The smallest absolute Gasteiger partial charge is 0.272 e.